The van der Waals surface area contributed by atoms with Gasteiger partial charge in [0.2, 0.25) is 0 Å². The van der Waals surface area contributed by atoms with Crippen LogP contribution in [0.2, 0.25) is 0 Å². The van der Waals surface area contributed by atoms with Crippen LogP contribution in [0, 0.1) is 11.3 Å². The molecule has 0 saturated carbocycles. The number of nitrogens with one attached hydrogen (secondary N) is 1. The minimum atomic E-state index is -0.449. The van der Waals surface area contributed by atoms with Crippen molar-refractivity contribution in [3.63, 3.8) is 0 Å². The van der Waals surface area contributed by atoms with E-state index in [1.165, 1.54) is 0 Å². The van der Waals surface area contributed by atoms with Crippen LogP contribution in [0.15, 0.2) is 0 Å². The van der Waals surface area contributed by atoms with Crippen LogP contribution in [0.4, 0.5) is 0 Å². The van der Waals surface area contributed by atoms with E-state index >= 15 is 0 Å². The SMILES string of the molecule is CCCNC(C)(C#N)CSCCO. The van der Waals surface area contributed by atoms with Crippen LogP contribution >= 0.6 is 11.8 Å². The zero-order valence-corrected chi connectivity index (χ0v) is 9.15. The van der Waals surface area contributed by atoms with Crippen LogP contribution in [-0.2, 0) is 0 Å². The van der Waals surface area contributed by atoms with Crippen LogP contribution in [0.3, 0.4) is 0 Å². The Labute approximate surface area is 84.5 Å². The quantitative estimate of drug-likeness (QED) is 0.605. The minimum absolute atomic E-state index is 0.181. The highest BCUT2D eigenvalue weighted by atomic mass is 32.2. The first kappa shape index (κ1) is 12.8. The van der Waals surface area contributed by atoms with Crippen molar-refractivity contribution in [2.45, 2.75) is 25.8 Å². The van der Waals surface area contributed by atoms with Crippen molar-refractivity contribution in [3.8, 4) is 6.07 Å². The van der Waals surface area contributed by atoms with Crippen molar-refractivity contribution in [1.82, 2.24) is 5.32 Å². The Hall–Kier alpha value is -0.240. The highest BCUT2D eigenvalue weighted by Gasteiger charge is 2.21. The number of aliphatic hydroxyl groups is 1. The number of aliphatic hydroxyl groups excluding tert-OH is 1. The highest BCUT2D eigenvalue weighted by molar-refractivity contribution is 7.99. The van der Waals surface area contributed by atoms with Gasteiger partial charge in [-0.25, -0.2) is 0 Å². The summed E-state index contributed by atoms with van der Waals surface area (Å²) < 4.78 is 0. The molecule has 0 aliphatic rings. The van der Waals surface area contributed by atoms with Gasteiger partial charge in [-0.2, -0.15) is 17.0 Å². The maximum absolute atomic E-state index is 8.92. The molecule has 0 aromatic heterocycles. The number of hydrogen-bond acceptors (Lipinski definition) is 4. The van der Waals surface area contributed by atoms with E-state index in [2.05, 4.69) is 18.3 Å². The summed E-state index contributed by atoms with van der Waals surface area (Å²) in [5, 5.41) is 20.7. The summed E-state index contributed by atoms with van der Waals surface area (Å²) in [6, 6.07) is 2.26. The van der Waals surface area contributed by atoms with Gasteiger partial charge in [0.15, 0.2) is 0 Å². The smallest absolute Gasteiger partial charge is 0.113 e. The van der Waals surface area contributed by atoms with E-state index in [9.17, 15) is 0 Å². The molecule has 0 aliphatic heterocycles. The molecule has 0 radical (unpaired) electrons. The molecular formula is C9H18N2OS. The molecule has 0 saturated heterocycles. The molecule has 0 bridgehead atoms. The number of nitrogens with zero attached hydrogens (tertiary/aromatic N) is 1. The van der Waals surface area contributed by atoms with Gasteiger partial charge < -0.3 is 5.11 Å². The Morgan fingerprint density at radius 3 is 2.77 bits per heavy atom. The standard InChI is InChI=1S/C9H18N2OS/c1-3-4-11-9(2,7-10)8-13-6-5-12/h11-12H,3-6,8H2,1-2H3. The first-order valence-electron chi connectivity index (χ1n) is 4.53. The number of nitriles is 1. The molecule has 1 atom stereocenters. The molecule has 2 N–H and O–H groups in total. The topological polar surface area (TPSA) is 56.0 Å². The average Bonchev–Trinajstić information content (AvgIpc) is 2.15. The van der Waals surface area contributed by atoms with Gasteiger partial charge >= 0.3 is 0 Å². The fraction of sp³-hybridized carbons (Fsp3) is 0.889. The molecule has 1 unspecified atom stereocenters. The molecular weight excluding hydrogens is 184 g/mol. The second kappa shape index (κ2) is 7.19. The maximum Gasteiger partial charge on any atom is 0.113 e. The zero-order chi connectivity index (χ0) is 10.2. The van der Waals surface area contributed by atoms with Crippen molar-refractivity contribution in [3.05, 3.63) is 0 Å². The third-order valence-electron chi connectivity index (χ3n) is 1.64. The summed E-state index contributed by atoms with van der Waals surface area (Å²) in [6.07, 6.45) is 1.03. The molecule has 0 spiro atoms. The molecule has 76 valence electrons. The third kappa shape index (κ3) is 5.92. The Kier molecular flexibility index (Phi) is 7.06. The predicted molar refractivity (Wildman–Crippen MR) is 56.7 cm³/mol. The van der Waals surface area contributed by atoms with E-state index < -0.39 is 5.54 Å². The number of hydrogen-bond donors (Lipinski definition) is 2. The molecule has 0 amide bonds. The summed E-state index contributed by atoms with van der Waals surface area (Å²) in [4.78, 5) is 0. The lowest BCUT2D eigenvalue weighted by Gasteiger charge is -2.22. The van der Waals surface area contributed by atoms with Gasteiger partial charge in [-0.15, -0.1) is 0 Å². The molecule has 0 heterocycles. The number of rotatable bonds is 7. The Morgan fingerprint density at radius 1 is 1.62 bits per heavy atom. The van der Waals surface area contributed by atoms with Crippen molar-refractivity contribution >= 4 is 11.8 Å². The molecule has 4 heteroatoms. The van der Waals surface area contributed by atoms with Gasteiger partial charge in [0.05, 0.1) is 12.7 Å². The predicted octanol–water partition coefficient (Wildman–Crippen LogP) is 0.994. The summed E-state index contributed by atoms with van der Waals surface area (Å²) in [6.45, 7) is 5.02. The van der Waals surface area contributed by atoms with Gasteiger partial charge in [0, 0.05) is 11.5 Å². The van der Waals surface area contributed by atoms with Crippen molar-refractivity contribution in [1.29, 1.82) is 5.26 Å². The van der Waals surface area contributed by atoms with Gasteiger partial charge in [0.25, 0.3) is 0 Å². The van der Waals surface area contributed by atoms with E-state index in [1.807, 2.05) is 6.92 Å². The highest BCUT2D eigenvalue weighted by Crippen LogP contribution is 2.11. The normalized spacial score (nSPS) is 14.9. The average molecular weight is 202 g/mol. The second-order valence-electron chi connectivity index (χ2n) is 3.15. The van der Waals surface area contributed by atoms with Crippen LogP contribution in [0.1, 0.15) is 20.3 Å². The Balaban J connectivity index is 3.76. The van der Waals surface area contributed by atoms with Crippen LogP contribution in [0.5, 0.6) is 0 Å². The van der Waals surface area contributed by atoms with Gasteiger partial charge in [-0.05, 0) is 19.9 Å². The minimum Gasteiger partial charge on any atom is -0.396 e. The monoisotopic (exact) mass is 202 g/mol. The summed E-state index contributed by atoms with van der Waals surface area (Å²) in [5.41, 5.74) is -0.449. The van der Waals surface area contributed by atoms with E-state index in [0.29, 0.717) is 5.75 Å². The molecule has 0 aromatic rings. The van der Waals surface area contributed by atoms with Gasteiger partial charge in [-0.3, -0.25) is 5.32 Å². The lowest BCUT2D eigenvalue weighted by atomic mass is 10.1. The summed E-state index contributed by atoms with van der Waals surface area (Å²) in [7, 11) is 0. The second-order valence-corrected chi connectivity index (χ2v) is 4.25. The summed E-state index contributed by atoms with van der Waals surface area (Å²) >= 11 is 1.60. The lowest BCUT2D eigenvalue weighted by Crippen LogP contribution is -2.43. The zero-order valence-electron chi connectivity index (χ0n) is 8.34. The maximum atomic E-state index is 8.92. The largest absolute Gasteiger partial charge is 0.396 e. The first-order valence-corrected chi connectivity index (χ1v) is 5.69. The Morgan fingerprint density at radius 2 is 2.31 bits per heavy atom. The molecule has 0 fully saturated rings. The van der Waals surface area contributed by atoms with Gasteiger partial charge in [-0.1, -0.05) is 6.92 Å². The van der Waals surface area contributed by atoms with Gasteiger partial charge in [0.1, 0.15) is 5.54 Å². The third-order valence-corrected chi connectivity index (χ3v) is 2.89. The fourth-order valence-corrected chi connectivity index (χ4v) is 1.71. The molecule has 0 aromatic carbocycles. The van der Waals surface area contributed by atoms with Crippen molar-refractivity contribution in [2.75, 3.05) is 24.7 Å². The molecule has 3 nitrogen and oxygen atoms in total. The van der Waals surface area contributed by atoms with Crippen LogP contribution in [-0.4, -0.2) is 35.3 Å². The molecule has 13 heavy (non-hydrogen) atoms. The number of thioether (sulfide) groups is 1. The van der Waals surface area contributed by atoms with Crippen LogP contribution < -0.4 is 5.32 Å². The molecule has 0 rings (SSSR count). The van der Waals surface area contributed by atoms with Crippen LogP contribution in [0.25, 0.3) is 0 Å². The summed E-state index contributed by atoms with van der Waals surface area (Å²) in [5.74, 6) is 1.43. The Bertz CT molecular complexity index is 169. The van der Waals surface area contributed by atoms with E-state index in [1.54, 1.807) is 11.8 Å². The van der Waals surface area contributed by atoms with E-state index in [0.717, 1.165) is 18.7 Å². The van der Waals surface area contributed by atoms with E-state index in [-0.39, 0.29) is 6.61 Å². The molecule has 0 aliphatic carbocycles. The van der Waals surface area contributed by atoms with Crippen molar-refractivity contribution in [2.24, 2.45) is 0 Å². The fourth-order valence-electron chi connectivity index (χ4n) is 0.865. The van der Waals surface area contributed by atoms with E-state index in [4.69, 9.17) is 10.4 Å². The lowest BCUT2D eigenvalue weighted by molar-refractivity contribution is 0.322. The first-order chi connectivity index (χ1) is 6.18. The van der Waals surface area contributed by atoms with Crippen molar-refractivity contribution < 1.29 is 5.11 Å².